The van der Waals surface area contributed by atoms with Crippen LogP contribution in [0.25, 0.3) is 0 Å². The predicted octanol–water partition coefficient (Wildman–Crippen LogP) is 5.90. The highest BCUT2D eigenvalue weighted by Gasteiger charge is 2.16. The van der Waals surface area contributed by atoms with Crippen molar-refractivity contribution in [1.82, 2.24) is 9.97 Å². The molecular weight excluding hydrogens is 510 g/mol. The number of nitrogens with one attached hydrogen (secondary N) is 2. The van der Waals surface area contributed by atoms with E-state index in [0.717, 1.165) is 22.5 Å². The number of sulfonamides is 1. The van der Waals surface area contributed by atoms with Gasteiger partial charge in [-0.25, -0.2) is 9.97 Å². The summed E-state index contributed by atoms with van der Waals surface area (Å²) in [4.78, 5) is 8.75. The van der Waals surface area contributed by atoms with Gasteiger partial charge in [-0.2, -0.15) is 8.42 Å². The van der Waals surface area contributed by atoms with Gasteiger partial charge in [0.15, 0.2) is 0 Å². The maximum atomic E-state index is 13.0. The Morgan fingerprint density at radius 3 is 2.11 bits per heavy atom. The molecule has 0 spiro atoms. The molecule has 10 heteroatoms. The van der Waals surface area contributed by atoms with Crippen molar-refractivity contribution < 1.29 is 13.2 Å². The molecule has 0 unspecified atom stereocenters. The van der Waals surface area contributed by atoms with Gasteiger partial charge in [0, 0.05) is 22.1 Å². The number of aromatic nitrogens is 2. The van der Waals surface area contributed by atoms with Gasteiger partial charge in [0.05, 0.1) is 4.90 Å². The zero-order valence-corrected chi connectivity index (χ0v) is 22.1. The molecule has 0 aliphatic rings. The molecule has 0 fully saturated rings. The molecule has 0 atom stereocenters. The normalized spacial score (nSPS) is 11.7. The van der Waals surface area contributed by atoms with Crippen LogP contribution >= 0.6 is 11.6 Å². The molecule has 2 N–H and O–H groups in total. The van der Waals surface area contributed by atoms with Gasteiger partial charge in [0.2, 0.25) is 11.9 Å². The largest absolute Gasteiger partial charge is 0.489 e. The van der Waals surface area contributed by atoms with Crippen LogP contribution in [0.3, 0.4) is 0 Å². The van der Waals surface area contributed by atoms with E-state index in [0.29, 0.717) is 23.1 Å². The van der Waals surface area contributed by atoms with Crippen molar-refractivity contribution in [3.63, 3.8) is 0 Å². The van der Waals surface area contributed by atoms with Crippen LogP contribution < -0.4 is 15.4 Å². The third-order valence-corrected chi connectivity index (χ3v) is 6.72. The van der Waals surface area contributed by atoms with Gasteiger partial charge < -0.3 is 10.1 Å². The Balaban J connectivity index is 1.55. The Morgan fingerprint density at radius 1 is 0.865 bits per heavy atom. The van der Waals surface area contributed by atoms with Crippen molar-refractivity contribution in [2.24, 2.45) is 4.40 Å². The minimum Gasteiger partial charge on any atom is -0.489 e. The lowest BCUT2D eigenvalue weighted by molar-refractivity contribution is 0.306. The van der Waals surface area contributed by atoms with Gasteiger partial charge in [-0.15, -0.1) is 4.40 Å². The van der Waals surface area contributed by atoms with Crippen LogP contribution in [0.5, 0.6) is 5.75 Å². The summed E-state index contributed by atoms with van der Waals surface area (Å²) in [6.07, 6.45) is 0. The van der Waals surface area contributed by atoms with Gasteiger partial charge in [0.1, 0.15) is 12.4 Å². The van der Waals surface area contributed by atoms with Gasteiger partial charge in [-0.3, -0.25) is 5.32 Å². The van der Waals surface area contributed by atoms with Gasteiger partial charge in [0.25, 0.3) is 10.0 Å². The summed E-state index contributed by atoms with van der Waals surface area (Å²) in [5.41, 5.74) is 3.99. The molecule has 0 aliphatic heterocycles. The van der Waals surface area contributed by atoms with Crippen LogP contribution in [0.2, 0.25) is 5.02 Å². The molecule has 8 nitrogen and oxygen atoms in total. The SMILES string of the molecule is Cc1ccc(S(=O)(=O)/N=C(/Nc2ccc(OCc3ccc(Cl)cc3)cc2)Nc2nc(C)cc(C)n2)cc1. The second-order valence-corrected chi connectivity index (χ2v) is 10.4. The number of ether oxygens (including phenoxy) is 1. The van der Waals surface area contributed by atoms with Crippen LogP contribution in [0.15, 0.2) is 88.2 Å². The summed E-state index contributed by atoms with van der Waals surface area (Å²) in [5, 5.41) is 6.60. The molecule has 4 aromatic rings. The van der Waals surface area contributed by atoms with E-state index >= 15 is 0 Å². The van der Waals surface area contributed by atoms with Crippen LogP contribution in [-0.2, 0) is 16.6 Å². The molecule has 4 rings (SSSR count). The molecule has 1 aromatic heterocycles. The van der Waals surface area contributed by atoms with E-state index in [4.69, 9.17) is 16.3 Å². The first-order valence-electron chi connectivity index (χ1n) is 11.4. The third-order valence-electron chi connectivity index (χ3n) is 5.18. The zero-order valence-electron chi connectivity index (χ0n) is 20.6. The topological polar surface area (TPSA) is 106 Å². The van der Waals surface area contributed by atoms with E-state index in [2.05, 4.69) is 25.0 Å². The number of benzene rings is 3. The minimum atomic E-state index is -4.01. The van der Waals surface area contributed by atoms with E-state index in [-0.39, 0.29) is 16.8 Å². The van der Waals surface area contributed by atoms with Crippen LogP contribution in [0.4, 0.5) is 11.6 Å². The van der Waals surface area contributed by atoms with Crippen molar-refractivity contribution in [3.8, 4) is 5.75 Å². The minimum absolute atomic E-state index is 0.0413. The summed E-state index contributed by atoms with van der Waals surface area (Å²) in [7, 11) is -4.01. The molecule has 0 radical (unpaired) electrons. The fourth-order valence-corrected chi connectivity index (χ4v) is 4.41. The number of anilines is 2. The Morgan fingerprint density at radius 2 is 1.49 bits per heavy atom. The second-order valence-electron chi connectivity index (χ2n) is 8.39. The standard InChI is InChI=1S/C27H26ClN5O3S/c1-18-4-14-25(15-5-18)37(34,35)33-27(32-26-29-19(2)16-20(3)30-26)31-23-10-12-24(13-11-23)36-17-21-6-8-22(28)9-7-21/h4-16H,17H2,1-3H3,(H2,29,30,31,32,33). The lowest BCUT2D eigenvalue weighted by Crippen LogP contribution is -2.25. The number of nitrogens with zero attached hydrogens (tertiary/aromatic N) is 3. The van der Waals surface area contributed by atoms with Gasteiger partial charge in [-0.05, 0) is 80.9 Å². The summed E-state index contributed by atoms with van der Waals surface area (Å²) in [5.74, 6) is 0.836. The number of hydrogen-bond donors (Lipinski definition) is 2. The van der Waals surface area contributed by atoms with E-state index in [1.54, 1.807) is 36.4 Å². The first-order chi connectivity index (χ1) is 17.7. The fraction of sp³-hybridized carbons (Fsp3) is 0.148. The quantitative estimate of drug-likeness (QED) is 0.224. The highest BCUT2D eigenvalue weighted by atomic mass is 35.5. The molecule has 0 saturated heterocycles. The van der Waals surface area contributed by atoms with Gasteiger partial charge >= 0.3 is 0 Å². The first kappa shape index (κ1) is 26.1. The number of hydrogen-bond acceptors (Lipinski definition) is 5. The summed E-state index contributed by atoms with van der Waals surface area (Å²) in [6, 6.07) is 22.8. The molecule has 37 heavy (non-hydrogen) atoms. The predicted molar refractivity (Wildman–Crippen MR) is 147 cm³/mol. The Labute approximate surface area is 221 Å². The van der Waals surface area contributed by atoms with Crippen molar-refractivity contribution in [3.05, 3.63) is 106 Å². The first-order valence-corrected chi connectivity index (χ1v) is 13.2. The maximum Gasteiger partial charge on any atom is 0.285 e. The molecule has 3 aromatic carbocycles. The second kappa shape index (κ2) is 11.4. The molecular formula is C27H26ClN5O3S. The van der Waals surface area contributed by atoms with Crippen LogP contribution in [-0.4, -0.2) is 24.3 Å². The van der Waals surface area contributed by atoms with Crippen LogP contribution in [0, 0.1) is 20.8 Å². The fourth-order valence-electron chi connectivity index (χ4n) is 3.37. The van der Waals surface area contributed by atoms with E-state index in [1.165, 1.54) is 12.1 Å². The number of halogens is 1. The molecule has 1 heterocycles. The molecule has 0 amide bonds. The monoisotopic (exact) mass is 535 g/mol. The van der Waals surface area contributed by atoms with E-state index in [1.807, 2.05) is 51.1 Å². The van der Waals surface area contributed by atoms with Crippen LogP contribution in [0.1, 0.15) is 22.5 Å². The Bertz CT molecular complexity index is 1490. The average Bonchev–Trinajstić information content (AvgIpc) is 2.84. The zero-order chi connectivity index (χ0) is 26.4. The van der Waals surface area contributed by atoms with Crippen molar-refractivity contribution in [1.29, 1.82) is 0 Å². The molecule has 190 valence electrons. The van der Waals surface area contributed by atoms with E-state index < -0.39 is 10.0 Å². The number of aryl methyl sites for hydroxylation is 3. The maximum absolute atomic E-state index is 13.0. The van der Waals surface area contributed by atoms with Crippen molar-refractivity contribution in [2.75, 3.05) is 10.6 Å². The van der Waals surface area contributed by atoms with E-state index in [9.17, 15) is 8.42 Å². The number of guanidine groups is 1. The summed E-state index contributed by atoms with van der Waals surface area (Å²) < 4.78 is 35.9. The van der Waals surface area contributed by atoms with Gasteiger partial charge in [-0.1, -0.05) is 41.4 Å². The lowest BCUT2D eigenvalue weighted by Gasteiger charge is -2.13. The molecule has 0 bridgehead atoms. The molecule has 0 saturated carbocycles. The van der Waals surface area contributed by atoms with Crippen molar-refractivity contribution >= 4 is 39.2 Å². The summed E-state index contributed by atoms with van der Waals surface area (Å²) in [6.45, 7) is 5.93. The third kappa shape index (κ3) is 7.52. The molecule has 0 aliphatic carbocycles. The number of rotatable bonds is 7. The highest BCUT2D eigenvalue weighted by molar-refractivity contribution is 7.90. The average molecular weight is 536 g/mol. The Hall–Kier alpha value is -3.95. The lowest BCUT2D eigenvalue weighted by atomic mass is 10.2. The van der Waals surface area contributed by atoms with Crippen molar-refractivity contribution in [2.45, 2.75) is 32.3 Å². The Kier molecular flexibility index (Phi) is 8.05. The smallest absolute Gasteiger partial charge is 0.285 e. The highest BCUT2D eigenvalue weighted by Crippen LogP contribution is 2.19. The summed E-state index contributed by atoms with van der Waals surface area (Å²) >= 11 is 5.93.